The van der Waals surface area contributed by atoms with E-state index in [0.717, 1.165) is 11.3 Å². The molecule has 0 spiro atoms. The van der Waals surface area contributed by atoms with Crippen molar-refractivity contribution in [1.82, 2.24) is 19.5 Å². The summed E-state index contributed by atoms with van der Waals surface area (Å²) < 4.78 is 1.51. The Balaban J connectivity index is 1.78. The zero-order valence-electron chi connectivity index (χ0n) is 16.1. The largest absolute Gasteiger partial charge is 0.477 e. The Hall–Kier alpha value is -4.58. The Labute approximate surface area is 175 Å². The molecule has 0 aliphatic carbocycles. The molecule has 4 aromatic rings. The molecule has 1 aliphatic rings. The van der Waals surface area contributed by atoms with Crippen molar-refractivity contribution in [3.8, 4) is 11.9 Å². The monoisotopic (exact) mass is 410 g/mol. The Morgan fingerprint density at radius 2 is 2.03 bits per heavy atom. The molecule has 1 aliphatic heterocycles. The average molecular weight is 410 g/mol. The number of carboxylic acids is 1. The van der Waals surface area contributed by atoms with Crippen LogP contribution >= 0.6 is 0 Å². The predicted molar refractivity (Wildman–Crippen MR) is 111 cm³/mol. The highest BCUT2D eigenvalue weighted by molar-refractivity contribution is 5.95. The fourth-order valence-electron chi connectivity index (χ4n) is 3.84. The van der Waals surface area contributed by atoms with Gasteiger partial charge in [-0.15, -0.1) is 0 Å². The lowest BCUT2D eigenvalue weighted by atomic mass is 10.1. The van der Waals surface area contributed by atoms with Gasteiger partial charge >= 0.3 is 5.97 Å². The SMILES string of the molecule is N#Cc1cc2c(=O)c(C(=O)O)cn(-c3cnccn3)c2cc1N1Cc2cccnc2C1. The number of benzene rings is 1. The van der Waals surface area contributed by atoms with E-state index in [9.17, 15) is 20.0 Å². The molecule has 9 nitrogen and oxygen atoms in total. The first-order chi connectivity index (χ1) is 15.1. The lowest BCUT2D eigenvalue weighted by molar-refractivity contribution is 0.0695. The number of aromatic carboxylic acids is 1. The first-order valence-electron chi connectivity index (χ1n) is 9.37. The number of aromatic nitrogens is 4. The summed E-state index contributed by atoms with van der Waals surface area (Å²) in [6.07, 6.45) is 7.43. The number of hydrogen-bond donors (Lipinski definition) is 1. The van der Waals surface area contributed by atoms with Crippen LogP contribution in [0.25, 0.3) is 16.7 Å². The van der Waals surface area contributed by atoms with Gasteiger partial charge in [0.15, 0.2) is 5.82 Å². The zero-order chi connectivity index (χ0) is 21.5. The molecule has 0 atom stereocenters. The summed E-state index contributed by atoms with van der Waals surface area (Å²) in [6, 6.07) is 9.17. The predicted octanol–water partition coefficient (Wildman–Crippen LogP) is 2.27. The second-order valence-corrected chi connectivity index (χ2v) is 7.07. The van der Waals surface area contributed by atoms with E-state index >= 15 is 0 Å². The van der Waals surface area contributed by atoms with Gasteiger partial charge < -0.3 is 10.0 Å². The number of carboxylic acid groups (broad SMARTS) is 1. The summed E-state index contributed by atoms with van der Waals surface area (Å²) in [5.74, 6) is -0.995. The lowest BCUT2D eigenvalue weighted by Gasteiger charge is -2.21. The van der Waals surface area contributed by atoms with Crippen molar-refractivity contribution in [1.29, 1.82) is 5.26 Å². The molecule has 150 valence electrons. The second-order valence-electron chi connectivity index (χ2n) is 7.07. The van der Waals surface area contributed by atoms with Crippen LogP contribution in [0.5, 0.6) is 0 Å². The minimum Gasteiger partial charge on any atom is -0.477 e. The molecular weight excluding hydrogens is 396 g/mol. The number of nitrogens with zero attached hydrogens (tertiary/aromatic N) is 6. The number of rotatable bonds is 3. The normalized spacial score (nSPS) is 12.5. The van der Waals surface area contributed by atoms with Crippen molar-refractivity contribution in [3.63, 3.8) is 0 Å². The Bertz CT molecular complexity index is 1430. The number of nitriles is 1. The molecule has 0 saturated heterocycles. The highest BCUT2D eigenvalue weighted by Crippen LogP contribution is 2.32. The fourth-order valence-corrected chi connectivity index (χ4v) is 3.84. The number of carbonyl (C=O) groups is 1. The van der Waals surface area contributed by atoms with E-state index in [1.54, 1.807) is 12.3 Å². The molecule has 5 rings (SSSR count). The van der Waals surface area contributed by atoms with Gasteiger partial charge in [0.25, 0.3) is 0 Å². The number of fused-ring (bicyclic) bond motifs is 2. The van der Waals surface area contributed by atoms with Gasteiger partial charge in [0.2, 0.25) is 5.43 Å². The van der Waals surface area contributed by atoms with Crippen LogP contribution in [0.1, 0.15) is 27.2 Å². The molecule has 0 amide bonds. The molecule has 0 unspecified atom stereocenters. The molecule has 1 N–H and O–H groups in total. The molecule has 4 heterocycles. The zero-order valence-corrected chi connectivity index (χ0v) is 16.1. The number of hydrogen-bond acceptors (Lipinski definition) is 7. The van der Waals surface area contributed by atoms with Crippen LogP contribution in [0.2, 0.25) is 0 Å². The van der Waals surface area contributed by atoms with Crippen LogP contribution in [-0.4, -0.2) is 30.6 Å². The highest BCUT2D eigenvalue weighted by Gasteiger charge is 2.24. The van der Waals surface area contributed by atoms with Crippen LogP contribution in [0.3, 0.4) is 0 Å². The van der Waals surface area contributed by atoms with Gasteiger partial charge in [-0.1, -0.05) is 6.07 Å². The van der Waals surface area contributed by atoms with Crippen molar-refractivity contribution >= 4 is 22.6 Å². The summed E-state index contributed by atoms with van der Waals surface area (Å²) in [4.78, 5) is 39.2. The van der Waals surface area contributed by atoms with E-state index < -0.39 is 17.0 Å². The van der Waals surface area contributed by atoms with E-state index in [0.29, 0.717) is 30.1 Å². The molecule has 9 heteroatoms. The average Bonchev–Trinajstić information content (AvgIpc) is 3.23. The summed E-state index contributed by atoms with van der Waals surface area (Å²) in [6.45, 7) is 1.10. The molecule has 0 radical (unpaired) electrons. The van der Waals surface area contributed by atoms with E-state index in [-0.39, 0.29) is 10.9 Å². The standard InChI is InChI=1S/C22H14N6O3/c23-8-14-6-15-19(7-18(14)27-10-13-2-1-3-25-17(13)12-27)28(20-9-24-4-5-26-20)11-16(21(15)29)22(30)31/h1-7,9,11H,10,12H2,(H,30,31). The van der Waals surface area contributed by atoms with E-state index in [4.69, 9.17) is 0 Å². The topological polar surface area (TPSA) is 125 Å². The quantitative estimate of drug-likeness (QED) is 0.545. The van der Waals surface area contributed by atoms with Gasteiger partial charge in [0, 0.05) is 36.7 Å². The minimum atomic E-state index is -1.35. The summed E-state index contributed by atoms with van der Waals surface area (Å²) in [5, 5.41) is 19.4. The maximum Gasteiger partial charge on any atom is 0.341 e. The summed E-state index contributed by atoms with van der Waals surface area (Å²) >= 11 is 0. The van der Waals surface area contributed by atoms with Crippen LogP contribution in [0.4, 0.5) is 5.69 Å². The maximum atomic E-state index is 12.9. The molecule has 3 aromatic heterocycles. The van der Waals surface area contributed by atoms with Gasteiger partial charge in [0.05, 0.1) is 35.2 Å². The first kappa shape index (κ1) is 18.4. The third-order valence-corrected chi connectivity index (χ3v) is 5.30. The van der Waals surface area contributed by atoms with Gasteiger partial charge in [-0.3, -0.25) is 19.3 Å². The minimum absolute atomic E-state index is 0.126. The highest BCUT2D eigenvalue weighted by atomic mass is 16.4. The van der Waals surface area contributed by atoms with Gasteiger partial charge in [-0.05, 0) is 23.8 Å². The smallest absolute Gasteiger partial charge is 0.341 e. The van der Waals surface area contributed by atoms with Crippen molar-refractivity contribution < 1.29 is 9.90 Å². The van der Waals surface area contributed by atoms with Gasteiger partial charge in [0.1, 0.15) is 11.6 Å². The molecule has 1 aromatic carbocycles. The van der Waals surface area contributed by atoms with Crippen molar-refractivity contribution in [2.45, 2.75) is 13.1 Å². The number of anilines is 1. The van der Waals surface area contributed by atoms with Crippen LogP contribution < -0.4 is 10.3 Å². The van der Waals surface area contributed by atoms with Crippen LogP contribution in [0.15, 0.2) is 60.0 Å². The molecular formula is C22H14N6O3. The number of pyridine rings is 2. The third kappa shape index (κ3) is 2.98. The van der Waals surface area contributed by atoms with Gasteiger partial charge in [-0.2, -0.15) is 5.26 Å². The van der Waals surface area contributed by atoms with Crippen LogP contribution in [-0.2, 0) is 13.1 Å². The second kappa shape index (κ2) is 7.03. The van der Waals surface area contributed by atoms with E-state index in [1.165, 1.54) is 35.4 Å². The molecule has 0 fully saturated rings. The summed E-state index contributed by atoms with van der Waals surface area (Å²) in [5.41, 5.74) is 2.29. The lowest BCUT2D eigenvalue weighted by Crippen LogP contribution is -2.21. The first-order valence-corrected chi connectivity index (χ1v) is 9.37. The van der Waals surface area contributed by atoms with Crippen LogP contribution in [0, 0.1) is 11.3 Å². The van der Waals surface area contributed by atoms with E-state index in [1.807, 2.05) is 17.0 Å². The Morgan fingerprint density at radius 3 is 2.74 bits per heavy atom. The third-order valence-electron chi connectivity index (χ3n) is 5.30. The fraction of sp³-hybridized carbons (Fsp3) is 0.0909. The molecule has 0 bridgehead atoms. The molecule has 31 heavy (non-hydrogen) atoms. The van der Waals surface area contributed by atoms with Crippen molar-refractivity contribution in [2.75, 3.05) is 4.90 Å². The Morgan fingerprint density at radius 1 is 1.16 bits per heavy atom. The van der Waals surface area contributed by atoms with Crippen molar-refractivity contribution in [3.05, 3.63) is 87.9 Å². The maximum absolute atomic E-state index is 12.9. The molecule has 0 saturated carbocycles. The van der Waals surface area contributed by atoms with Gasteiger partial charge in [-0.25, -0.2) is 9.78 Å². The van der Waals surface area contributed by atoms with E-state index in [2.05, 4.69) is 21.0 Å². The summed E-state index contributed by atoms with van der Waals surface area (Å²) in [7, 11) is 0. The Kier molecular flexibility index (Phi) is 4.19. The van der Waals surface area contributed by atoms with Crippen molar-refractivity contribution in [2.24, 2.45) is 0 Å².